The molecule has 0 aromatic heterocycles. The third kappa shape index (κ3) is 1.89. The Bertz CT molecular complexity index is 321. The topological polar surface area (TPSA) is 18.5 Å². The Balaban J connectivity index is 2.31. The molecular formula is C10H10Cl2O2. The van der Waals surface area contributed by atoms with Gasteiger partial charge in [-0.25, -0.2) is 0 Å². The molecule has 1 fully saturated rings. The Morgan fingerprint density at radius 1 is 1.29 bits per heavy atom. The fourth-order valence-corrected chi connectivity index (χ4v) is 1.98. The highest BCUT2D eigenvalue weighted by molar-refractivity contribution is 6.36. The van der Waals surface area contributed by atoms with Gasteiger partial charge >= 0.3 is 0 Å². The van der Waals surface area contributed by atoms with Crippen molar-refractivity contribution in [1.29, 1.82) is 0 Å². The van der Waals surface area contributed by atoms with Crippen molar-refractivity contribution < 1.29 is 9.47 Å². The first-order valence-electron chi connectivity index (χ1n) is 4.39. The van der Waals surface area contributed by atoms with Crippen molar-refractivity contribution in [2.75, 3.05) is 6.61 Å². The van der Waals surface area contributed by atoms with Crippen LogP contribution in [0.25, 0.3) is 0 Å². The Kier molecular flexibility index (Phi) is 2.98. The third-order valence-electron chi connectivity index (χ3n) is 2.07. The van der Waals surface area contributed by atoms with Crippen LogP contribution in [-0.4, -0.2) is 12.7 Å². The fraction of sp³-hybridized carbons (Fsp3) is 0.400. The van der Waals surface area contributed by atoms with Gasteiger partial charge in [0.05, 0.1) is 22.8 Å². The first kappa shape index (κ1) is 10.2. The van der Waals surface area contributed by atoms with Gasteiger partial charge in [-0.1, -0.05) is 29.3 Å². The minimum atomic E-state index is -0.425. The highest BCUT2D eigenvalue weighted by Gasteiger charge is 2.27. The zero-order valence-electron chi connectivity index (χ0n) is 7.67. The third-order valence-corrected chi connectivity index (χ3v) is 2.73. The van der Waals surface area contributed by atoms with Gasteiger partial charge in [0, 0.05) is 5.56 Å². The molecule has 1 aromatic rings. The van der Waals surface area contributed by atoms with E-state index >= 15 is 0 Å². The van der Waals surface area contributed by atoms with Crippen LogP contribution >= 0.6 is 23.2 Å². The summed E-state index contributed by atoms with van der Waals surface area (Å²) < 4.78 is 10.9. The van der Waals surface area contributed by atoms with Crippen LogP contribution in [0.5, 0.6) is 0 Å². The maximum absolute atomic E-state index is 6.01. The predicted molar refractivity (Wildman–Crippen MR) is 55.7 cm³/mol. The van der Waals surface area contributed by atoms with E-state index in [-0.39, 0.29) is 6.10 Å². The smallest absolute Gasteiger partial charge is 0.187 e. The first-order chi connectivity index (χ1) is 6.68. The predicted octanol–water partition coefficient (Wildman–Crippen LogP) is 3.43. The van der Waals surface area contributed by atoms with Crippen molar-refractivity contribution in [3.8, 4) is 0 Å². The average Bonchev–Trinajstić information content (AvgIpc) is 2.51. The van der Waals surface area contributed by atoms with Gasteiger partial charge in [-0.2, -0.15) is 0 Å². The molecular weight excluding hydrogens is 223 g/mol. The molecule has 14 heavy (non-hydrogen) atoms. The van der Waals surface area contributed by atoms with Crippen LogP contribution < -0.4 is 0 Å². The van der Waals surface area contributed by atoms with Gasteiger partial charge in [-0.05, 0) is 19.1 Å². The van der Waals surface area contributed by atoms with Crippen molar-refractivity contribution in [3.05, 3.63) is 33.8 Å². The van der Waals surface area contributed by atoms with Gasteiger partial charge in [0.25, 0.3) is 0 Å². The number of benzene rings is 1. The molecule has 2 unspecified atom stereocenters. The molecule has 0 bridgehead atoms. The van der Waals surface area contributed by atoms with Crippen LogP contribution in [0, 0.1) is 0 Å². The van der Waals surface area contributed by atoms with Gasteiger partial charge in [0.2, 0.25) is 0 Å². The van der Waals surface area contributed by atoms with Crippen LogP contribution in [0.2, 0.25) is 10.0 Å². The summed E-state index contributed by atoms with van der Waals surface area (Å²) in [5.74, 6) is 0. The second-order valence-electron chi connectivity index (χ2n) is 3.25. The van der Waals surface area contributed by atoms with E-state index in [0.717, 1.165) is 5.56 Å². The monoisotopic (exact) mass is 232 g/mol. The number of hydrogen-bond donors (Lipinski definition) is 0. The van der Waals surface area contributed by atoms with E-state index < -0.39 is 6.29 Å². The summed E-state index contributed by atoms with van der Waals surface area (Å²) in [7, 11) is 0. The number of halogens is 2. The van der Waals surface area contributed by atoms with Gasteiger partial charge in [0.15, 0.2) is 6.29 Å². The second kappa shape index (κ2) is 4.07. The van der Waals surface area contributed by atoms with E-state index in [1.165, 1.54) is 0 Å². The zero-order valence-corrected chi connectivity index (χ0v) is 9.18. The summed E-state index contributed by atoms with van der Waals surface area (Å²) in [6, 6.07) is 5.35. The summed E-state index contributed by atoms with van der Waals surface area (Å²) in [5.41, 5.74) is 0.722. The molecule has 0 radical (unpaired) electrons. The molecule has 0 saturated carbocycles. The SMILES string of the molecule is CC1COC(c2c(Cl)cccc2Cl)O1. The molecule has 4 heteroatoms. The maximum Gasteiger partial charge on any atom is 0.187 e. The van der Waals surface area contributed by atoms with Crippen LogP contribution in [0.3, 0.4) is 0 Å². The molecule has 0 spiro atoms. The molecule has 2 rings (SSSR count). The van der Waals surface area contributed by atoms with Gasteiger partial charge < -0.3 is 9.47 Å². The molecule has 2 nitrogen and oxygen atoms in total. The quantitative estimate of drug-likeness (QED) is 0.739. The molecule has 1 heterocycles. The highest BCUT2D eigenvalue weighted by atomic mass is 35.5. The van der Waals surface area contributed by atoms with Crippen molar-refractivity contribution >= 4 is 23.2 Å². The Morgan fingerprint density at radius 2 is 1.93 bits per heavy atom. The summed E-state index contributed by atoms with van der Waals surface area (Å²) in [4.78, 5) is 0. The van der Waals surface area contributed by atoms with Crippen molar-refractivity contribution in [2.24, 2.45) is 0 Å². The maximum atomic E-state index is 6.01. The second-order valence-corrected chi connectivity index (χ2v) is 4.06. The van der Waals surface area contributed by atoms with E-state index in [4.69, 9.17) is 32.7 Å². The molecule has 1 aliphatic rings. The standard InChI is InChI=1S/C10H10Cl2O2/c1-6-5-13-10(14-6)9-7(11)3-2-4-8(9)12/h2-4,6,10H,5H2,1H3. The van der Waals surface area contributed by atoms with E-state index in [9.17, 15) is 0 Å². The summed E-state index contributed by atoms with van der Waals surface area (Å²) in [5, 5.41) is 1.16. The number of hydrogen-bond acceptors (Lipinski definition) is 2. The molecule has 1 aromatic carbocycles. The van der Waals surface area contributed by atoms with E-state index in [2.05, 4.69) is 0 Å². The summed E-state index contributed by atoms with van der Waals surface area (Å²) in [6.07, 6.45) is -0.335. The van der Waals surface area contributed by atoms with Gasteiger partial charge in [-0.3, -0.25) is 0 Å². The molecule has 0 N–H and O–H groups in total. The van der Waals surface area contributed by atoms with Crippen LogP contribution in [-0.2, 0) is 9.47 Å². The number of rotatable bonds is 1. The van der Waals surface area contributed by atoms with Crippen molar-refractivity contribution in [1.82, 2.24) is 0 Å². The number of ether oxygens (including phenoxy) is 2. The molecule has 1 saturated heterocycles. The van der Waals surface area contributed by atoms with Gasteiger partial charge in [0.1, 0.15) is 0 Å². The zero-order chi connectivity index (χ0) is 10.1. The van der Waals surface area contributed by atoms with Crippen LogP contribution in [0.1, 0.15) is 18.8 Å². The lowest BCUT2D eigenvalue weighted by molar-refractivity contribution is -0.0570. The summed E-state index contributed by atoms with van der Waals surface area (Å²) in [6.45, 7) is 2.52. The lowest BCUT2D eigenvalue weighted by Crippen LogP contribution is -2.03. The molecule has 76 valence electrons. The normalized spacial score (nSPS) is 26.8. The average molecular weight is 233 g/mol. The lowest BCUT2D eigenvalue weighted by atomic mass is 10.2. The van der Waals surface area contributed by atoms with E-state index in [1.54, 1.807) is 18.2 Å². The van der Waals surface area contributed by atoms with E-state index in [1.807, 2.05) is 6.92 Å². The fourth-order valence-electron chi connectivity index (χ4n) is 1.40. The lowest BCUT2D eigenvalue weighted by Gasteiger charge is -2.13. The first-order valence-corrected chi connectivity index (χ1v) is 5.15. The Labute approximate surface area is 92.7 Å². The molecule has 2 atom stereocenters. The Morgan fingerprint density at radius 3 is 2.43 bits per heavy atom. The highest BCUT2D eigenvalue weighted by Crippen LogP contribution is 2.36. The summed E-state index contributed by atoms with van der Waals surface area (Å²) >= 11 is 12.0. The molecule has 0 aliphatic carbocycles. The largest absolute Gasteiger partial charge is 0.346 e. The van der Waals surface area contributed by atoms with Gasteiger partial charge in [-0.15, -0.1) is 0 Å². The minimum absolute atomic E-state index is 0.0901. The van der Waals surface area contributed by atoms with Crippen molar-refractivity contribution in [3.63, 3.8) is 0 Å². The minimum Gasteiger partial charge on any atom is -0.346 e. The van der Waals surface area contributed by atoms with Crippen molar-refractivity contribution in [2.45, 2.75) is 19.3 Å². The Hall–Kier alpha value is -0.280. The van der Waals surface area contributed by atoms with Crippen LogP contribution in [0.4, 0.5) is 0 Å². The van der Waals surface area contributed by atoms with E-state index in [0.29, 0.717) is 16.7 Å². The van der Waals surface area contributed by atoms with Crippen LogP contribution in [0.15, 0.2) is 18.2 Å². The molecule has 0 amide bonds. The molecule has 1 aliphatic heterocycles.